The Labute approximate surface area is 94.4 Å². The highest BCUT2D eigenvalue weighted by molar-refractivity contribution is 5.91. The summed E-state index contributed by atoms with van der Waals surface area (Å²) in [6, 6.07) is 4.61. The molecule has 0 spiro atoms. The molecule has 0 radical (unpaired) electrons. The molecule has 1 aromatic rings. The summed E-state index contributed by atoms with van der Waals surface area (Å²) >= 11 is 0. The topological polar surface area (TPSA) is 78.3 Å². The largest absolute Gasteiger partial charge is 0.465 e. The first kappa shape index (κ1) is 15.3. The summed E-state index contributed by atoms with van der Waals surface area (Å²) < 4.78 is 4.50. The molecule has 0 fully saturated rings. The third-order valence-corrected chi connectivity index (χ3v) is 1.40. The van der Waals surface area contributed by atoms with Crippen LogP contribution >= 0.6 is 24.8 Å². The van der Waals surface area contributed by atoms with Crippen molar-refractivity contribution in [3.8, 4) is 0 Å². The van der Waals surface area contributed by atoms with E-state index in [1.807, 2.05) is 0 Å². The van der Waals surface area contributed by atoms with E-state index in [2.05, 4.69) is 4.74 Å². The highest BCUT2D eigenvalue weighted by Gasteiger charge is 2.05. The number of ether oxygens (including phenoxy) is 1. The molecule has 0 atom stereocenters. The number of rotatable bonds is 1. The fraction of sp³-hybridized carbons (Fsp3) is 0.125. The molecule has 6 heteroatoms. The van der Waals surface area contributed by atoms with E-state index in [0.717, 1.165) is 0 Å². The molecule has 80 valence electrons. The van der Waals surface area contributed by atoms with Crippen molar-refractivity contribution in [2.75, 3.05) is 18.6 Å². The Hall–Kier alpha value is -1.13. The van der Waals surface area contributed by atoms with Crippen molar-refractivity contribution < 1.29 is 9.53 Å². The molecular formula is C8H12Cl2N2O2. The Bertz CT molecular complexity index is 298. The van der Waals surface area contributed by atoms with Gasteiger partial charge in [0.1, 0.15) is 0 Å². The van der Waals surface area contributed by atoms with Crippen molar-refractivity contribution in [3.63, 3.8) is 0 Å². The van der Waals surface area contributed by atoms with Gasteiger partial charge in [0.25, 0.3) is 0 Å². The maximum absolute atomic E-state index is 11.0. The van der Waals surface area contributed by atoms with Crippen LogP contribution in [0.2, 0.25) is 0 Å². The Morgan fingerprint density at radius 3 is 1.93 bits per heavy atom. The smallest absolute Gasteiger partial charge is 0.337 e. The van der Waals surface area contributed by atoms with E-state index in [-0.39, 0.29) is 24.8 Å². The summed E-state index contributed by atoms with van der Waals surface area (Å²) in [7, 11) is 1.31. The lowest BCUT2D eigenvalue weighted by molar-refractivity contribution is 0.0601. The molecular weight excluding hydrogens is 227 g/mol. The van der Waals surface area contributed by atoms with Crippen molar-refractivity contribution in [1.29, 1.82) is 0 Å². The second-order valence-corrected chi connectivity index (χ2v) is 2.38. The number of methoxy groups -OCH3 is 1. The summed E-state index contributed by atoms with van der Waals surface area (Å²) in [5.41, 5.74) is 12.2. The van der Waals surface area contributed by atoms with Crippen LogP contribution in [-0.2, 0) is 4.74 Å². The minimum Gasteiger partial charge on any atom is -0.465 e. The predicted octanol–water partition coefficient (Wildman–Crippen LogP) is 1.48. The molecule has 4 nitrogen and oxygen atoms in total. The normalized spacial score (nSPS) is 8.07. The lowest BCUT2D eigenvalue weighted by Crippen LogP contribution is -2.03. The summed E-state index contributed by atoms with van der Waals surface area (Å²) in [4.78, 5) is 11.0. The summed E-state index contributed by atoms with van der Waals surface area (Å²) in [5.74, 6) is -0.436. The van der Waals surface area contributed by atoms with Gasteiger partial charge in [0.15, 0.2) is 0 Å². The molecule has 0 aliphatic carbocycles. The van der Waals surface area contributed by atoms with Gasteiger partial charge in [-0.05, 0) is 18.2 Å². The molecule has 0 unspecified atom stereocenters. The zero-order chi connectivity index (χ0) is 9.14. The zero-order valence-electron chi connectivity index (χ0n) is 7.52. The first-order valence-electron chi connectivity index (χ1n) is 3.38. The van der Waals surface area contributed by atoms with Gasteiger partial charge in [-0.25, -0.2) is 4.79 Å². The van der Waals surface area contributed by atoms with Crippen LogP contribution in [0.25, 0.3) is 0 Å². The molecule has 0 saturated carbocycles. The van der Waals surface area contributed by atoms with Crippen LogP contribution in [0, 0.1) is 0 Å². The Morgan fingerprint density at radius 1 is 1.14 bits per heavy atom. The van der Waals surface area contributed by atoms with Gasteiger partial charge in [-0.2, -0.15) is 0 Å². The fourth-order valence-electron chi connectivity index (χ4n) is 0.912. The van der Waals surface area contributed by atoms with Crippen LogP contribution in [0.4, 0.5) is 11.4 Å². The van der Waals surface area contributed by atoms with Crippen LogP contribution < -0.4 is 11.5 Å². The maximum Gasteiger partial charge on any atom is 0.337 e. The number of anilines is 2. The average molecular weight is 239 g/mol. The summed E-state index contributed by atoms with van der Waals surface area (Å²) in [5, 5.41) is 0. The molecule has 14 heavy (non-hydrogen) atoms. The third kappa shape index (κ3) is 3.72. The van der Waals surface area contributed by atoms with Gasteiger partial charge in [0.05, 0.1) is 12.7 Å². The van der Waals surface area contributed by atoms with Crippen LogP contribution in [0.15, 0.2) is 18.2 Å². The maximum atomic E-state index is 11.0. The average Bonchev–Trinajstić information content (AvgIpc) is 2.01. The lowest BCUT2D eigenvalue weighted by Gasteiger charge is -2.01. The Kier molecular flexibility index (Phi) is 6.95. The molecule has 0 aliphatic heterocycles. The van der Waals surface area contributed by atoms with Gasteiger partial charge in [-0.1, -0.05) is 0 Å². The number of halogens is 2. The van der Waals surface area contributed by atoms with E-state index in [1.165, 1.54) is 19.2 Å². The van der Waals surface area contributed by atoms with Gasteiger partial charge in [0.2, 0.25) is 0 Å². The second-order valence-electron chi connectivity index (χ2n) is 2.38. The first-order valence-corrected chi connectivity index (χ1v) is 3.38. The van der Waals surface area contributed by atoms with Crippen molar-refractivity contribution in [2.24, 2.45) is 0 Å². The monoisotopic (exact) mass is 238 g/mol. The first-order chi connectivity index (χ1) is 5.63. The Morgan fingerprint density at radius 2 is 1.57 bits per heavy atom. The number of benzene rings is 1. The van der Waals surface area contributed by atoms with Gasteiger partial charge in [0, 0.05) is 11.4 Å². The van der Waals surface area contributed by atoms with E-state index in [9.17, 15) is 4.79 Å². The number of hydrogen-bond donors (Lipinski definition) is 2. The summed E-state index contributed by atoms with van der Waals surface area (Å²) in [6.45, 7) is 0. The number of carbonyl (C=O) groups excluding carboxylic acids is 1. The molecule has 0 saturated heterocycles. The third-order valence-electron chi connectivity index (χ3n) is 1.40. The molecule has 1 rings (SSSR count). The van der Waals surface area contributed by atoms with Gasteiger partial charge in [-0.15, -0.1) is 24.8 Å². The number of hydrogen-bond acceptors (Lipinski definition) is 4. The van der Waals surface area contributed by atoms with Gasteiger partial charge in [-0.3, -0.25) is 0 Å². The van der Waals surface area contributed by atoms with Crippen molar-refractivity contribution >= 4 is 42.2 Å². The van der Waals surface area contributed by atoms with E-state index < -0.39 is 5.97 Å². The molecule has 4 N–H and O–H groups in total. The standard InChI is InChI=1S/C8H10N2O2.2ClH/c1-12-8(11)5-2-6(9)4-7(10)3-5;;/h2-4H,9-10H2,1H3;2*1H. The molecule has 1 aromatic carbocycles. The van der Waals surface area contributed by atoms with E-state index >= 15 is 0 Å². The lowest BCUT2D eigenvalue weighted by atomic mass is 10.2. The zero-order valence-corrected chi connectivity index (χ0v) is 9.15. The summed E-state index contributed by atoms with van der Waals surface area (Å²) in [6.07, 6.45) is 0. The van der Waals surface area contributed by atoms with Gasteiger partial charge >= 0.3 is 5.97 Å². The predicted molar refractivity (Wildman–Crippen MR) is 61.1 cm³/mol. The second kappa shape index (κ2) is 6.34. The molecule has 0 aromatic heterocycles. The highest BCUT2D eigenvalue weighted by Crippen LogP contribution is 2.13. The minimum absolute atomic E-state index is 0. The highest BCUT2D eigenvalue weighted by atomic mass is 35.5. The molecule has 0 aliphatic rings. The van der Waals surface area contributed by atoms with Crippen molar-refractivity contribution in [3.05, 3.63) is 23.8 Å². The van der Waals surface area contributed by atoms with Crippen LogP contribution in [0.1, 0.15) is 10.4 Å². The molecule has 0 heterocycles. The van der Waals surface area contributed by atoms with Gasteiger partial charge < -0.3 is 16.2 Å². The van der Waals surface area contributed by atoms with E-state index in [4.69, 9.17) is 11.5 Å². The quantitative estimate of drug-likeness (QED) is 0.574. The SMILES string of the molecule is COC(=O)c1cc(N)cc(N)c1.Cl.Cl. The molecule has 0 bridgehead atoms. The van der Waals surface area contributed by atoms with Crippen LogP contribution in [0.5, 0.6) is 0 Å². The van der Waals surface area contributed by atoms with E-state index in [0.29, 0.717) is 16.9 Å². The fourth-order valence-corrected chi connectivity index (χ4v) is 0.912. The number of carbonyl (C=O) groups is 1. The number of nitrogens with two attached hydrogens (primary N) is 2. The minimum atomic E-state index is -0.436. The number of nitrogen functional groups attached to an aromatic ring is 2. The van der Waals surface area contributed by atoms with Crippen LogP contribution in [0.3, 0.4) is 0 Å². The molecule has 0 amide bonds. The van der Waals surface area contributed by atoms with Crippen molar-refractivity contribution in [2.45, 2.75) is 0 Å². The van der Waals surface area contributed by atoms with Crippen molar-refractivity contribution in [1.82, 2.24) is 0 Å². The Balaban J connectivity index is 0. The van der Waals surface area contributed by atoms with Crippen LogP contribution in [-0.4, -0.2) is 13.1 Å². The number of esters is 1. The van der Waals surface area contributed by atoms with E-state index in [1.54, 1.807) is 6.07 Å².